The molecular formula is C67H59BN2Si2. The Morgan fingerprint density at radius 1 is 0.431 bits per heavy atom. The number of aromatic nitrogens is 2. The summed E-state index contributed by atoms with van der Waals surface area (Å²) in [7, 11) is -4.24. The quantitative estimate of drug-likeness (QED) is 0.156. The van der Waals surface area contributed by atoms with Crippen molar-refractivity contribution >= 4 is 93.1 Å². The zero-order valence-electron chi connectivity index (χ0n) is 43.2. The van der Waals surface area contributed by atoms with Gasteiger partial charge in [-0.2, -0.15) is 0 Å². The maximum Gasteiger partial charge on any atom is 0.253 e. The first-order chi connectivity index (χ1) is 34.5. The number of rotatable bonds is 4. The molecule has 0 unspecified atom stereocenters. The Bertz CT molecular complexity index is 4190. The highest BCUT2D eigenvalue weighted by molar-refractivity contribution is 7.02. The second-order valence-corrected chi connectivity index (χ2v) is 35.5. The van der Waals surface area contributed by atoms with Crippen molar-refractivity contribution in [1.29, 1.82) is 0 Å². The van der Waals surface area contributed by atoms with Crippen molar-refractivity contribution in [1.82, 2.24) is 9.13 Å². The van der Waals surface area contributed by atoms with E-state index in [1.165, 1.54) is 127 Å². The number of hydrogen-bond acceptors (Lipinski definition) is 0. The molecule has 2 aromatic heterocycles. The largest absolute Gasteiger partial charge is 0.310 e. The second-order valence-electron chi connectivity index (χ2n) is 24.8. The average Bonchev–Trinajstić information content (AvgIpc) is 4.00. The number of hydrogen-bond donors (Lipinski definition) is 0. The molecule has 5 heterocycles. The maximum absolute atomic E-state index is 2.83. The Morgan fingerprint density at radius 2 is 0.986 bits per heavy atom. The number of benzene rings is 9. The van der Waals surface area contributed by atoms with E-state index in [2.05, 4.69) is 253 Å². The first kappa shape index (κ1) is 42.7. The van der Waals surface area contributed by atoms with E-state index in [9.17, 15) is 0 Å². The van der Waals surface area contributed by atoms with Gasteiger partial charge in [-0.25, -0.2) is 0 Å². The van der Waals surface area contributed by atoms with Gasteiger partial charge in [0.1, 0.15) is 0 Å². The van der Waals surface area contributed by atoms with Gasteiger partial charge in [0.15, 0.2) is 0 Å². The standard InChI is InChI=1S/C67H59BN2Si2/c1-65(2,3)71(7,8)43-36-48-49-37-44(72(9,10)66(4,5)6)39-55-62(49)70-61(48)54(38-43)67(51-31-21-19-29-46(51)47-30-20-22-32-52(47)67)53-33-34-56-59(64(53)70)68(55)58-45-28-18-17-27-42(45)35-50-57(40-23-13-11-14-24-40)60(69(56)63(50)58)41-25-15-12-16-26-41/h11-39H,1-10H3. The van der Waals surface area contributed by atoms with Crippen molar-refractivity contribution in [3.05, 3.63) is 198 Å². The van der Waals surface area contributed by atoms with Gasteiger partial charge in [-0.3, -0.25) is 0 Å². The van der Waals surface area contributed by atoms with Gasteiger partial charge in [0.2, 0.25) is 0 Å². The van der Waals surface area contributed by atoms with E-state index >= 15 is 0 Å². The monoisotopic (exact) mass is 958 g/mol. The molecule has 9 aromatic carbocycles. The summed E-state index contributed by atoms with van der Waals surface area (Å²) in [5, 5.41) is 10.2. The van der Waals surface area contributed by atoms with E-state index in [0.717, 1.165) is 0 Å². The fraction of sp³-hybridized carbons (Fsp3) is 0.194. The zero-order valence-corrected chi connectivity index (χ0v) is 45.2. The van der Waals surface area contributed by atoms with Crippen molar-refractivity contribution < 1.29 is 0 Å². The predicted octanol–water partition coefficient (Wildman–Crippen LogP) is 14.5. The molecule has 0 atom stereocenters. The van der Waals surface area contributed by atoms with Gasteiger partial charge in [0.25, 0.3) is 6.71 Å². The van der Waals surface area contributed by atoms with Gasteiger partial charge in [0.05, 0.1) is 38.3 Å². The van der Waals surface area contributed by atoms with E-state index in [-0.39, 0.29) is 16.8 Å². The normalized spacial score (nSPS) is 14.9. The van der Waals surface area contributed by atoms with Crippen LogP contribution in [0.3, 0.4) is 0 Å². The smallest absolute Gasteiger partial charge is 0.253 e. The highest BCUT2D eigenvalue weighted by atomic mass is 28.3. The molecule has 348 valence electrons. The third-order valence-electron chi connectivity index (χ3n) is 19.6. The van der Waals surface area contributed by atoms with E-state index in [1.54, 1.807) is 10.4 Å². The van der Waals surface area contributed by atoms with Crippen molar-refractivity contribution in [2.75, 3.05) is 0 Å². The molecule has 0 radical (unpaired) electrons. The lowest BCUT2D eigenvalue weighted by Gasteiger charge is -2.45. The molecular weight excluding hydrogens is 900 g/mol. The van der Waals surface area contributed by atoms with E-state index in [4.69, 9.17) is 0 Å². The van der Waals surface area contributed by atoms with Gasteiger partial charge in [-0.15, -0.1) is 0 Å². The highest BCUT2D eigenvalue weighted by Gasteiger charge is 2.55. The topological polar surface area (TPSA) is 9.86 Å². The van der Waals surface area contributed by atoms with Crippen LogP contribution in [0.1, 0.15) is 63.8 Å². The van der Waals surface area contributed by atoms with Crippen LogP contribution in [-0.2, 0) is 5.41 Å². The molecule has 0 fully saturated rings. The lowest BCUT2D eigenvalue weighted by Crippen LogP contribution is -2.62. The molecule has 0 saturated heterocycles. The third-order valence-corrected chi connectivity index (χ3v) is 30.6. The van der Waals surface area contributed by atoms with Crippen molar-refractivity contribution in [3.63, 3.8) is 0 Å². The maximum atomic E-state index is 2.83. The van der Waals surface area contributed by atoms with E-state index < -0.39 is 21.6 Å². The van der Waals surface area contributed by atoms with Crippen molar-refractivity contribution in [3.8, 4) is 44.9 Å². The lowest BCUT2D eigenvalue weighted by molar-refractivity contribution is 0.728. The summed E-state index contributed by atoms with van der Waals surface area (Å²) in [5.74, 6) is 0. The minimum Gasteiger partial charge on any atom is -0.310 e. The molecule has 11 aromatic rings. The molecule has 0 bridgehead atoms. The van der Waals surface area contributed by atoms with Crippen molar-refractivity contribution in [2.24, 2.45) is 0 Å². The highest BCUT2D eigenvalue weighted by Crippen LogP contribution is 2.62. The van der Waals surface area contributed by atoms with Crippen LogP contribution >= 0.6 is 0 Å². The first-order valence-electron chi connectivity index (χ1n) is 26.3. The summed E-state index contributed by atoms with van der Waals surface area (Å²) in [4.78, 5) is 0. The summed E-state index contributed by atoms with van der Waals surface area (Å²) in [6.45, 7) is 25.5. The Labute approximate surface area is 426 Å². The minimum atomic E-state index is -2.12. The van der Waals surface area contributed by atoms with Crippen LogP contribution in [0.25, 0.3) is 88.4 Å². The van der Waals surface area contributed by atoms with Gasteiger partial charge in [-0.1, -0.05) is 242 Å². The fourth-order valence-corrected chi connectivity index (χ4v) is 17.9. The first-order valence-corrected chi connectivity index (χ1v) is 32.3. The zero-order chi connectivity index (χ0) is 49.2. The molecule has 0 amide bonds. The Balaban J connectivity index is 1.24. The Kier molecular flexibility index (Phi) is 8.17. The molecule has 72 heavy (non-hydrogen) atoms. The molecule has 4 aliphatic rings. The van der Waals surface area contributed by atoms with E-state index in [1.807, 2.05) is 0 Å². The molecule has 15 rings (SSSR count). The van der Waals surface area contributed by atoms with Gasteiger partial charge < -0.3 is 9.13 Å². The molecule has 1 aliphatic carbocycles. The number of fused-ring (bicyclic) bond motifs is 13. The van der Waals surface area contributed by atoms with Crippen LogP contribution in [0.5, 0.6) is 0 Å². The summed E-state index contributed by atoms with van der Waals surface area (Å²) >= 11 is 0. The third kappa shape index (κ3) is 4.97. The van der Waals surface area contributed by atoms with Gasteiger partial charge >= 0.3 is 0 Å². The second kappa shape index (κ2) is 13.8. The van der Waals surface area contributed by atoms with Crippen LogP contribution in [0.15, 0.2) is 176 Å². The van der Waals surface area contributed by atoms with Crippen LogP contribution < -0.4 is 26.8 Å². The average molecular weight is 959 g/mol. The van der Waals surface area contributed by atoms with Crippen LogP contribution in [0.4, 0.5) is 0 Å². The SMILES string of the molecule is CC(C)(C)[Si](C)(C)c1cc2c3c(c1)c1cc([Si](C)(C)C(C)(C)C)cc4c1n3-c1c(ccc3c1B2c1c2ccccc2cc2c(-c5ccccc5)c(-c5ccccc5)n-3c12)C41c2ccccc2-c2ccccc21. The fourth-order valence-electron chi connectivity index (χ4n) is 14.1. The van der Waals surface area contributed by atoms with Crippen LogP contribution in [-0.4, -0.2) is 32.0 Å². The van der Waals surface area contributed by atoms with Crippen molar-refractivity contribution in [2.45, 2.75) is 83.2 Å². The molecule has 0 saturated carbocycles. The summed E-state index contributed by atoms with van der Waals surface area (Å²) in [5.41, 5.74) is 24.0. The summed E-state index contributed by atoms with van der Waals surface area (Å²) in [6, 6.07) is 69.2. The minimum absolute atomic E-state index is 0.0208. The van der Waals surface area contributed by atoms with Crippen LogP contribution in [0, 0.1) is 0 Å². The molecule has 0 N–H and O–H groups in total. The molecule has 5 heteroatoms. The molecule has 2 nitrogen and oxygen atoms in total. The summed E-state index contributed by atoms with van der Waals surface area (Å²) < 4.78 is 5.55. The lowest BCUT2D eigenvalue weighted by atomic mass is 9.33. The number of nitrogens with zero attached hydrogens (tertiary/aromatic N) is 2. The molecule has 1 spiro atoms. The van der Waals surface area contributed by atoms with Gasteiger partial charge in [0, 0.05) is 38.6 Å². The summed E-state index contributed by atoms with van der Waals surface area (Å²) in [6.07, 6.45) is 0. The van der Waals surface area contributed by atoms with Gasteiger partial charge in [-0.05, 0) is 93.9 Å². The van der Waals surface area contributed by atoms with E-state index in [0.29, 0.717) is 0 Å². The predicted molar refractivity (Wildman–Crippen MR) is 315 cm³/mol. The Morgan fingerprint density at radius 3 is 1.62 bits per heavy atom. The van der Waals surface area contributed by atoms with Crippen LogP contribution in [0.2, 0.25) is 36.3 Å². The molecule has 3 aliphatic heterocycles. The Hall–Kier alpha value is -6.92.